The van der Waals surface area contributed by atoms with E-state index in [9.17, 15) is 0 Å². The maximum absolute atomic E-state index is 5.89. The summed E-state index contributed by atoms with van der Waals surface area (Å²) in [5.41, 5.74) is 1.00. The first kappa shape index (κ1) is 13.1. The second kappa shape index (κ2) is 6.03. The highest BCUT2D eigenvalue weighted by molar-refractivity contribution is 5.55. The van der Waals surface area contributed by atoms with Gasteiger partial charge in [-0.1, -0.05) is 19.3 Å². The van der Waals surface area contributed by atoms with E-state index in [1.165, 1.54) is 32.1 Å². The fourth-order valence-electron chi connectivity index (χ4n) is 2.74. The first-order valence-corrected chi connectivity index (χ1v) is 7.28. The molecule has 1 heterocycles. The number of hydrogen-bond acceptors (Lipinski definition) is 4. The summed E-state index contributed by atoms with van der Waals surface area (Å²) in [6, 6.07) is 7.99. The van der Waals surface area contributed by atoms with Gasteiger partial charge in [-0.05, 0) is 53.5 Å². The average Bonchev–Trinajstić information content (AvgIpc) is 2.93. The molecule has 1 fully saturated rings. The predicted octanol–water partition coefficient (Wildman–Crippen LogP) is 2.84. The van der Waals surface area contributed by atoms with E-state index in [-0.39, 0.29) is 0 Å². The van der Waals surface area contributed by atoms with Crippen molar-refractivity contribution in [3.63, 3.8) is 0 Å². The third-order valence-corrected chi connectivity index (χ3v) is 3.94. The molecule has 1 aliphatic rings. The van der Waals surface area contributed by atoms with Gasteiger partial charge < -0.3 is 4.74 Å². The lowest BCUT2D eigenvalue weighted by atomic mass is 9.90. The van der Waals surface area contributed by atoms with Crippen molar-refractivity contribution in [2.45, 2.75) is 32.1 Å². The van der Waals surface area contributed by atoms with E-state index in [0.717, 1.165) is 29.7 Å². The van der Waals surface area contributed by atoms with Crippen molar-refractivity contribution >= 4 is 0 Å². The van der Waals surface area contributed by atoms with E-state index >= 15 is 0 Å². The maximum Gasteiger partial charge on any atom is 0.181 e. The lowest BCUT2D eigenvalue weighted by molar-refractivity contribution is 0.209. The highest BCUT2D eigenvalue weighted by Gasteiger charge is 2.14. The molecule has 106 valence electrons. The van der Waals surface area contributed by atoms with Gasteiger partial charge in [0.2, 0.25) is 0 Å². The molecule has 0 unspecified atom stereocenters. The van der Waals surface area contributed by atoms with Gasteiger partial charge in [-0.3, -0.25) is 0 Å². The minimum absolute atomic E-state index is 0.728. The number of benzene rings is 1. The van der Waals surface area contributed by atoms with E-state index in [4.69, 9.17) is 4.74 Å². The summed E-state index contributed by atoms with van der Waals surface area (Å²) in [5.74, 6) is 2.42. The maximum atomic E-state index is 5.89. The smallest absolute Gasteiger partial charge is 0.181 e. The van der Waals surface area contributed by atoms with Gasteiger partial charge in [0.25, 0.3) is 0 Å². The van der Waals surface area contributed by atoms with Crippen molar-refractivity contribution in [1.82, 2.24) is 20.2 Å². The monoisotopic (exact) mass is 272 g/mol. The van der Waals surface area contributed by atoms with E-state index in [2.05, 4.69) is 15.5 Å². The van der Waals surface area contributed by atoms with Crippen LogP contribution in [0.25, 0.3) is 11.4 Å². The van der Waals surface area contributed by atoms with Crippen LogP contribution in [0.15, 0.2) is 24.3 Å². The minimum Gasteiger partial charge on any atom is -0.493 e. The van der Waals surface area contributed by atoms with E-state index in [1.54, 1.807) is 4.68 Å². The van der Waals surface area contributed by atoms with Crippen LogP contribution >= 0.6 is 0 Å². The van der Waals surface area contributed by atoms with Crippen molar-refractivity contribution in [1.29, 1.82) is 0 Å². The summed E-state index contributed by atoms with van der Waals surface area (Å²) < 4.78 is 7.55. The molecule has 2 aromatic rings. The van der Waals surface area contributed by atoms with Crippen molar-refractivity contribution < 1.29 is 4.74 Å². The topological polar surface area (TPSA) is 52.8 Å². The lowest BCUT2D eigenvalue weighted by Crippen LogP contribution is -2.15. The van der Waals surface area contributed by atoms with Gasteiger partial charge in [-0.2, -0.15) is 0 Å². The van der Waals surface area contributed by atoms with E-state index in [0.29, 0.717) is 0 Å². The first-order chi connectivity index (χ1) is 9.83. The number of aromatic nitrogens is 4. The second-order valence-electron chi connectivity index (χ2n) is 5.47. The van der Waals surface area contributed by atoms with E-state index in [1.807, 2.05) is 31.3 Å². The van der Waals surface area contributed by atoms with Crippen LogP contribution in [-0.2, 0) is 7.05 Å². The molecule has 1 aromatic carbocycles. The number of aryl methyl sites for hydroxylation is 1. The van der Waals surface area contributed by atoms with Crippen LogP contribution in [0.5, 0.6) is 5.75 Å². The molecule has 1 saturated carbocycles. The number of tetrazole rings is 1. The Hall–Kier alpha value is -1.91. The van der Waals surface area contributed by atoms with Crippen molar-refractivity contribution in [3.05, 3.63) is 24.3 Å². The molecule has 5 nitrogen and oxygen atoms in total. The fourth-order valence-corrected chi connectivity index (χ4v) is 2.74. The molecule has 0 spiro atoms. The standard InChI is InChI=1S/C15H20N4O/c1-19-15(16-17-18-19)13-7-9-14(10-8-13)20-11-12-5-3-2-4-6-12/h7-10,12H,2-6,11H2,1H3. The molecular formula is C15H20N4O. The molecule has 0 saturated heterocycles. The number of ether oxygens (including phenoxy) is 1. The van der Waals surface area contributed by atoms with Gasteiger partial charge in [-0.25, -0.2) is 4.68 Å². The largest absolute Gasteiger partial charge is 0.493 e. The van der Waals surface area contributed by atoms with Crippen molar-refractivity contribution in [3.8, 4) is 17.1 Å². The summed E-state index contributed by atoms with van der Waals surface area (Å²) in [6.45, 7) is 0.838. The number of nitrogens with zero attached hydrogens (tertiary/aromatic N) is 4. The van der Waals surface area contributed by atoms with Gasteiger partial charge in [-0.15, -0.1) is 5.10 Å². The number of rotatable bonds is 4. The average molecular weight is 272 g/mol. The Balaban J connectivity index is 1.60. The van der Waals surface area contributed by atoms with E-state index < -0.39 is 0 Å². The second-order valence-corrected chi connectivity index (χ2v) is 5.47. The Kier molecular flexibility index (Phi) is 3.95. The quantitative estimate of drug-likeness (QED) is 0.858. The van der Waals surface area contributed by atoms with Crippen LogP contribution in [0.3, 0.4) is 0 Å². The molecule has 0 bridgehead atoms. The molecule has 1 aromatic heterocycles. The minimum atomic E-state index is 0.728. The fraction of sp³-hybridized carbons (Fsp3) is 0.533. The summed E-state index contributed by atoms with van der Waals surface area (Å²) in [5, 5.41) is 11.5. The Labute approximate surface area is 118 Å². The van der Waals surface area contributed by atoms with Crippen LogP contribution in [0, 0.1) is 5.92 Å². The molecule has 20 heavy (non-hydrogen) atoms. The van der Waals surface area contributed by atoms with Crippen LogP contribution in [0.2, 0.25) is 0 Å². The van der Waals surface area contributed by atoms with Crippen molar-refractivity contribution in [2.75, 3.05) is 6.61 Å². The molecule has 1 aliphatic carbocycles. The summed E-state index contributed by atoms with van der Waals surface area (Å²) >= 11 is 0. The van der Waals surface area contributed by atoms with Gasteiger partial charge in [0.05, 0.1) is 6.61 Å². The molecular weight excluding hydrogens is 252 g/mol. The predicted molar refractivity (Wildman–Crippen MR) is 76.3 cm³/mol. The third-order valence-electron chi connectivity index (χ3n) is 3.94. The zero-order chi connectivity index (χ0) is 13.8. The molecule has 0 amide bonds. The number of hydrogen-bond donors (Lipinski definition) is 0. The Morgan fingerprint density at radius 2 is 1.90 bits per heavy atom. The van der Waals surface area contributed by atoms with Gasteiger partial charge in [0.1, 0.15) is 5.75 Å². The molecule has 0 aliphatic heterocycles. The highest BCUT2D eigenvalue weighted by Crippen LogP contribution is 2.25. The van der Waals surface area contributed by atoms with Crippen molar-refractivity contribution in [2.24, 2.45) is 13.0 Å². The molecule has 0 atom stereocenters. The zero-order valence-corrected chi connectivity index (χ0v) is 11.8. The van der Waals surface area contributed by atoms with Crippen LogP contribution < -0.4 is 4.74 Å². The van der Waals surface area contributed by atoms with Crippen LogP contribution in [0.1, 0.15) is 32.1 Å². The van der Waals surface area contributed by atoms with Crippen LogP contribution in [0.4, 0.5) is 0 Å². The highest BCUT2D eigenvalue weighted by atomic mass is 16.5. The molecule has 5 heteroatoms. The first-order valence-electron chi connectivity index (χ1n) is 7.28. The normalized spacial score (nSPS) is 16.2. The zero-order valence-electron chi connectivity index (χ0n) is 11.8. The third kappa shape index (κ3) is 2.98. The SMILES string of the molecule is Cn1nnnc1-c1ccc(OCC2CCCCC2)cc1. The molecule has 0 radical (unpaired) electrons. The van der Waals surface area contributed by atoms with Gasteiger partial charge in [0, 0.05) is 12.6 Å². The summed E-state index contributed by atoms with van der Waals surface area (Å²) in [4.78, 5) is 0. The Bertz CT molecular complexity index is 543. The molecule has 3 rings (SSSR count). The summed E-state index contributed by atoms with van der Waals surface area (Å²) in [7, 11) is 1.84. The van der Waals surface area contributed by atoms with Crippen LogP contribution in [-0.4, -0.2) is 26.8 Å². The summed E-state index contributed by atoms with van der Waals surface area (Å²) in [6.07, 6.45) is 6.71. The van der Waals surface area contributed by atoms with Gasteiger partial charge in [0.15, 0.2) is 5.82 Å². The Morgan fingerprint density at radius 1 is 1.15 bits per heavy atom. The molecule has 0 N–H and O–H groups in total. The van der Waals surface area contributed by atoms with Gasteiger partial charge >= 0.3 is 0 Å². The Morgan fingerprint density at radius 3 is 2.55 bits per heavy atom. The lowest BCUT2D eigenvalue weighted by Gasteiger charge is -2.21.